The molecule has 0 aliphatic rings. The predicted molar refractivity (Wildman–Crippen MR) is 71.8 cm³/mol. The summed E-state index contributed by atoms with van der Waals surface area (Å²) in [7, 11) is -3.55. The standard InChI is InChI=1S/C12H15FO4S2/c1-7(12(14)15)4-8-5-9(13)11(18-2)10(6-8)19(3,16)17/h5-7H,4H2,1-3H3,(H,14,15). The van der Waals surface area contributed by atoms with Crippen LogP contribution in [-0.2, 0) is 21.1 Å². The summed E-state index contributed by atoms with van der Waals surface area (Å²) in [5.74, 6) is -2.34. The van der Waals surface area contributed by atoms with Crippen LogP contribution in [0.4, 0.5) is 4.39 Å². The van der Waals surface area contributed by atoms with Crippen LogP contribution in [0.3, 0.4) is 0 Å². The molecule has 0 radical (unpaired) electrons. The van der Waals surface area contributed by atoms with E-state index >= 15 is 0 Å². The van der Waals surface area contributed by atoms with Crippen molar-refractivity contribution in [3.05, 3.63) is 23.5 Å². The topological polar surface area (TPSA) is 71.4 Å². The highest BCUT2D eigenvalue weighted by Gasteiger charge is 2.20. The largest absolute Gasteiger partial charge is 0.481 e. The Bertz CT molecular complexity index is 596. The van der Waals surface area contributed by atoms with Crippen molar-refractivity contribution in [2.45, 2.75) is 23.1 Å². The van der Waals surface area contributed by atoms with Crippen LogP contribution in [0.1, 0.15) is 12.5 Å². The lowest BCUT2D eigenvalue weighted by atomic mass is 10.0. The molecule has 1 rings (SSSR count). The third-order valence-corrected chi connectivity index (χ3v) is 4.71. The van der Waals surface area contributed by atoms with E-state index in [0.717, 1.165) is 18.0 Å². The summed E-state index contributed by atoms with van der Waals surface area (Å²) in [4.78, 5) is 10.8. The molecule has 1 aromatic rings. The van der Waals surface area contributed by atoms with E-state index in [9.17, 15) is 17.6 Å². The third kappa shape index (κ3) is 3.94. The van der Waals surface area contributed by atoms with Gasteiger partial charge in [-0.05, 0) is 30.4 Å². The molecular weight excluding hydrogens is 291 g/mol. The quantitative estimate of drug-likeness (QED) is 0.845. The van der Waals surface area contributed by atoms with E-state index in [1.807, 2.05) is 0 Å². The summed E-state index contributed by atoms with van der Waals surface area (Å²) in [6, 6.07) is 2.55. The number of hydrogen-bond acceptors (Lipinski definition) is 4. The molecule has 0 saturated carbocycles. The molecular formula is C12H15FO4S2. The zero-order valence-corrected chi connectivity index (χ0v) is 12.4. The van der Waals surface area contributed by atoms with E-state index in [0.29, 0.717) is 5.56 Å². The van der Waals surface area contributed by atoms with E-state index in [2.05, 4.69) is 0 Å². The minimum absolute atomic E-state index is 0.0641. The van der Waals surface area contributed by atoms with Crippen molar-refractivity contribution in [3.8, 4) is 0 Å². The van der Waals surface area contributed by atoms with Crippen LogP contribution < -0.4 is 0 Å². The number of carboxylic acids is 1. The fourth-order valence-electron chi connectivity index (χ4n) is 1.65. The predicted octanol–water partition coefficient (Wildman–Crippen LogP) is 2.21. The monoisotopic (exact) mass is 306 g/mol. The summed E-state index contributed by atoms with van der Waals surface area (Å²) in [6.45, 7) is 1.49. The Labute approximate surface area is 115 Å². The van der Waals surface area contributed by atoms with Gasteiger partial charge in [-0.25, -0.2) is 12.8 Å². The smallest absolute Gasteiger partial charge is 0.306 e. The molecule has 0 amide bonds. The number of hydrogen-bond donors (Lipinski definition) is 1. The van der Waals surface area contributed by atoms with Gasteiger partial charge >= 0.3 is 5.97 Å². The normalized spacial score (nSPS) is 13.3. The third-order valence-electron chi connectivity index (χ3n) is 2.64. The van der Waals surface area contributed by atoms with Crippen LogP contribution in [0.25, 0.3) is 0 Å². The van der Waals surface area contributed by atoms with Crippen LogP contribution in [0, 0.1) is 11.7 Å². The molecule has 1 N–H and O–H groups in total. The van der Waals surface area contributed by atoms with E-state index in [4.69, 9.17) is 5.11 Å². The number of benzene rings is 1. The van der Waals surface area contributed by atoms with E-state index < -0.39 is 27.5 Å². The summed E-state index contributed by atoms with van der Waals surface area (Å²) < 4.78 is 37.1. The van der Waals surface area contributed by atoms with Crippen LogP contribution in [0.2, 0.25) is 0 Å². The Kier molecular flexibility index (Phi) is 4.98. The van der Waals surface area contributed by atoms with Gasteiger partial charge in [-0.15, -0.1) is 11.8 Å². The number of rotatable bonds is 5. The lowest BCUT2D eigenvalue weighted by molar-refractivity contribution is -0.141. The number of carboxylic acid groups (broad SMARTS) is 1. The Morgan fingerprint density at radius 1 is 1.47 bits per heavy atom. The number of carbonyl (C=O) groups is 1. The molecule has 0 bridgehead atoms. The van der Waals surface area contributed by atoms with Crippen molar-refractivity contribution in [2.24, 2.45) is 5.92 Å². The van der Waals surface area contributed by atoms with E-state index in [1.54, 1.807) is 6.26 Å². The molecule has 19 heavy (non-hydrogen) atoms. The Balaban J connectivity index is 3.32. The van der Waals surface area contributed by atoms with Crippen molar-refractivity contribution in [1.82, 2.24) is 0 Å². The molecule has 7 heteroatoms. The van der Waals surface area contributed by atoms with Crippen molar-refractivity contribution in [1.29, 1.82) is 0 Å². The molecule has 0 aromatic heterocycles. The maximum absolute atomic E-state index is 13.9. The maximum atomic E-state index is 13.9. The van der Waals surface area contributed by atoms with Gasteiger partial charge in [0.2, 0.25) is 0 Å². The van der Waals surface area contributed by atoms with Gasteiger partial charge in [0, 0.05) is 6.26 Å². The van der Waals surface area contributed by atoms with Crippen LogP contribution >= 0.6 is 11.8 Å². The van der Waals surface area contributed by atoms with Crippen LogP contribution in [-0.4, -0.2) is 32.0 Å². The molecule has 1 atom stereocenters. The number of halogens is 1. The number of thioether (sulfide) groups is 1. The van der Waals surface area contributed by atoms with E-state index in [1.165, 1.54) is 19.1 Å². The lowest BCUT2D eigenvalue weighted by Crippen LogP contribution is -2.13. The highest BCUT2D eigenvalue weighted by Crippen LogP contribution is 2.30. The molecule has 0 saturated heterocycles. The van der Waals surface area contributed by atoms with Gasteiger partial charge in [0.25, 0.3) is 0 Å². The minimum Gasteiger partial charge on any atom is -0.481 e. The Morgan fingerprint density at radius 3 is 2.47 bits per heavy atom. The second-order valence-corrected chi connectivity index (χ2v) is 7.13. The highest BCUT2D eigenvalue weighted by molar-refractivity contribution is 7.99. The van der Waals surface area contributed by atoms with Gasteiger partial charge in [-0.3, -0.25) is 4.79 Å². The van der Waals surface area contributed by atoms with Gasteiger partial charge in [-0.1, -0.05) is 6.92 Å². The molecule has 0 heterocycles. The average molecular weight is 306 g/mol. The van der Waals surface area contributed by atoms with Gasteiger partial charge in [0.1, 0.15) is 5.82 Å². The lowest BCUT2D eigenvalue weighted by Gasteiger charge is -2.12. The van der Waals surface area contributed by atoms with Crippen molar-refractivity contribution in [3.63, 3.8) is 0 Å². The Hall–Kier alpha value is -1.08. The maximum Gasteiger partial charge on any atom is 0.306 e. The van der Waals surface area contributed by atoms with Crippen LogP contribution in [0.5, 0.6) is 0 Å². The average Bonchev–Trinajstić information content (AvgIpc) is 2.26. The summed E-state index contributed by atoms with van der Waals surface area (Å²) in [5.41, 5.74) is 0.366. The molecule has 0 aliphatic heterocycles. The molecule has 0 fully saturated rings. The molecule has 106 valence electrons. The van der Waals surface area contributed by atoms with Crippen molar-refractivity contribution >= 4 is 27.6 Å². The zero-order chi connectivity index (χ0) is 14.8. The zero-order valence-electron chi connectivity index (χ0n) is 10.8. The first kappa shape index (κ1) is 16.0. The summed E-state index contributed by atoms with van der Waals surface area (Å²) in [5, 5.41) is 8.83. The fourth-order valence-corrected chi connectivity index (χ4v) is 3.67. The first-order valence-corrected chi connectivity index (χ1v) is 8.57. The number of aliphatic carboxylic acids is 1. The first-order valence-electron chi connectivity index (χ1n) is 5.46. The van der Waals surface area contributed by atoms with Gasteiger partial charge in [0.15, 0.2) is 9.84 Å². The SMILES string of the molecule is CSc1c(F)cc(CC(C)C(=O)O)cc1S(C)(=O)=O. The van der Waals surface area contributed by atoms with Gasteiger partial charge in [0.05, 0.1) is 15.7 Å². The van der Waals surface area contributed by atoms with Gasteiger partial charge in [-0.2, -0.15) is 0 Å². The molecule has 1 unspecified atom stereocenters. The molecule has 0 aliphatic carbocycles. The first-order chi connectivity index (χ1) is 8.66. The Morgan fingerprint density at radius 2 is 2.05 bits per heavy atom. The number of sulfone groups is 1. The summed E-state index contributed by atoms with van der Waals surface area (Å²) >= 11 is 1.01. The molecule has 0 spiro atoms. The van der Waals surface area contributed by atoms with E-state index in [-0.39, 0.29) is 16.2 Å². The van der Waals surface area contributed by atoms with Crippen LogP contribution in [0.15, 0.2) is 21.9 Å². The van der Waals surface area contributed by atoms with Crippen molar-refractivity contribution in [2.75, 3.05) is 12.5 Å². The highest BCUT2D eigenvalue weighted by atomic mass is 32.2. The fraction of sp³-hybridized carbons (Fsp3) is 0.417. The summed E-state index contributed by atoms with van der Waals surface area (Å²) in [6.07, 6.45) is 2.68. The van der Waals surface area contributed by atoms with Gasteiger partial charge < -0.3 is 5.11 Å². The minimum atomic E-state index is -3.55. The molecule has 4 nitrogen and oxygen atoms in total. The second kappa shape index (κ2) is 5.92. The second-order valence-electron chi connectivity index (χ2n) is 4.32. The molecule has 1 aromatic carbocycles. The van der Waals surface area contributed by atoms with Crippen molar-refractivity contribution < 1.29 is 22.7 Å².